The van der Waals surface area contributed by atoms with E-state index < -0.39 is 0 Å². The highest BCUT2D eigenvalue weighted by atomic mass is 79.9. The van der Waals surface area contributed by atoms with Crippen molar-refractivity contribution in [1.82, 2.24) is 0 Å². The molecule has 4 aromatic carbocycles. The van der Waals surface area contributed by atoms with Crippen LogP contribution >= 0.6 is 31.9 Å². The van der Waals surface area contributed by atoms with E-state index in [0.717, 1.165) is 50.2 Å². The van der Waals surface area contributed by atoms with E-state index >= 15 is 0 Å². The van der Waals surface area contributed by atoms with E-state index in [4.69, 9.17) is 0 Å². The summed E-state index contributed by atoms with van der Waals surface area (Å²) in [4.78, 5) is 4.65. The Hall–Kier alpha value is -3.08. The average Bonchev–Trinajstić information content (AvgIpc) is 2.89. The molecular formula is C31H26Br2N2. The topological polar surface area (TPSA) is 6.48 Å². The van der Waals surface area contributed by atoms with Crippen LogP contribution in [0.5, 0.6) is 0 Å². The van der Waals surface area contributed by atoms with Gasteiger partial charge in [-0.1, -0.05) is 61.7 Å². The number of benzene rings is 4. The molecule has 0 aliphatic heterocycles. The monoisotopic (exact) mass is 584 g/mol. The van der Waals surface area contributed by atoms with Gasteiger partial charge >= 0.3 is 0 Å². The van der Waals surface area contributed by atoms with E-state index in [0.29, 0.717) is 0 Å². The molecule has 0 unspecified atom stereocenters. The molecule has 4 heteroatoms. The molecule has 5 rings (SSSR count). The molecule has 1 aliphatic carbocycles. The lowest BCUT2D eigenvalue weighted by Gasteiger charge is -2.30. The Kier molecular flexibility index (Phi) is 7.21. The zero-order valence-electron chi connectivity index (χ0n) is 19.5. The third kappa shape index (κ3) is 5.44. The summed E-state index contributed by atoms with van der Waals surface area (Å²) in [5, 5.41) is 0. The number of nitrogens with zero attached hydrogens (tertiary/aromatic N) is 2. The lowest BCUT2D eigenvalue weighted by Crippen LogP contribution is -2.17. The molecule has 0 N–H and O–H groups in total. The van der Waals surface area contributed by atoms with Gasteiger partial charge in [-0.25, -0.2) is 0 Å². The van der Waals surface area contributed by atoms with Crippen LogP contribution in [0.3, 0.4) is 0 Å². The Morgan fingerprint density at radius 2 is 0.943 bits per heavy atom. The van der Waals surface area contributed by atoms with Crippen molar-refractivity contribution in [1.29, 1.82) is 0 Å². The SMILES string of the molecule is Cc1ccc(N(c2ccc(Br)cc2)c2ccc(N(C3=CC=CCC3)c3ccc(Br)cc3)cc2)cc1. The maximum absolute atomic E-state index is 3.57. The first kappa shape index (κ1) is 23.7. The first-order valence-electron chi connectivity index (χ1n) is 11.7. The standard InChI is InChI=1S/C31H26Br2N2/c1-23-7-13-27(14-8-23)35(29-17-11-25(33)12-18-29)31-21-19-30(20-22-31)34(26-5-3-2-4-6-26)28-15-9-24(32)10-16-28/h2-3,5,7-22H,4,6H2,1H3. The predicted octanol–water partition coefficient (Wildman–Crippen LogP) is 10.4. The van der Waals surface area contributed by atoms with Crippen molar-refractivity contribution in [3.63, 3.8) is 0 Å². The highest BCUT2D eigenvalue weighted by Crippen LogP contribution is 2.38. The number of aryl methyl sites for hydroxylation is 1. The van der Waals surface area contributed by atoms with Crippen molar-refractivity contribution in [2.24, 2.45) is 0 Å². The van der Waals surface area contributed by atoms with Crippen molar-refractivity contribution >= 4 is 60.3 Å². The molecule has 35 heavy (non-hydrogen) atoms. The van der Waals surface area contributed by atoms with Gasteiger partial charge in [-0.15, -0.1) is 0 Å². The molecule has 0 aromatic heterocycles. The molecule has 4 aromatic rings. The third-order valence-corrected chi connectivity index (χ3v) is 7.16. The van der Waals surface area contributed by atoms with Gasteiger partial charge in [-0.2, -0.15) is 0 Å². The number of allylic oxidation sites excluding steroid dienone is 4. The zero-order valence-corrected chi connectivity index (χ0v) is 22.7. The Bertz CT molecular complexity index is 1290. The van der Waals surface area contributed by atoms with E-state index in [1.54, 1.807) is 0 Å². The molecule has 1 aliphatic rings. The summed E-state index contributed by atoms with van der Waals surface area (Å²) >= 11 is 7.14. The minimum absolute atomic E-state index is 1.02. The summed E-state index contributed by atoms with van der Waals surface area (Å²) in [7, 11) is 0. The second-order valence-electron chi connectivity index (χ2n) is 8.60. The summed E-state index contributed by atoms with van der Waals surface area (Å²) in [5.74, 6) is 0. The van der Waals surface area contributed by atoms with E-state index in [-0.39, 0.29) is 0 Å². The number of anilines is 5. The Morgan fingerprint density at radius 1 is 0.543 bits per heavy atom. The van der Waals surface area contributed by atoms with Gasteiger partial charge in [0.15, 0.2) is 0 Å². The summed E-state index contributed by atoms with van der Waals surface area (Å²) in [6.07, 6.45) is 8.68. The van der Waals surface area contributed by atoms with Crippen LogP contribution in [0.1, 0.15) is 18.4 Å². The van der Waals surface area contributed by atoms with E-state index in [1.165, 1.54) is 11.3 Å². The first-order chi connectivity index (χ1) is 17.1. The highest BCUT2D eigenvalue weighted by Gasteiger charge is 2.17. The lowest BCUT2D eigenvalue weighted by molar-refractivity contribution is 0.917. The van der Waals surface area contributed by atoms with Gasteiger partial charge in [0.25, 0.3) is 0 Å². The molecule has 0 atom stereocenters. The van der Waals surface area contributed by atoms with Gasteiger partial charge in [0.2, 0.25) is 0 Å². The van der Waals surface area contributed by atoms with Crippen LogP contribution in [0.25, 0.3) is 0 Å². The smallest absolute Gasteiger partial charge is 0.0463 e. The van der Waals surface area contributed by atoms with Gasteiger partial charge in [0, 0.05) is 43.1 Å². The van der Waals surface area contributed by atoms with E-state index in [9.17, 15) is 0 Å². The van der Waals surface area contributed by atoms with Crippen molar-refractivity contribution in [3.05, 3.63) is 135 Å². The average molecular weight is 586 g/mol. The molecule has 0 fully saturated rings. The van der Waals surface area contributed by atoms with Gasteiger partial charge in [-0.3, -0.25) is 0 Å². The molecule has 0 radical (unpaired) electrons. The number of halogens is 2. The fourth-order valence-corrected chi connectivity index (χ4v) is 4.86. The first-order valence-corrected chi connectivity index (χ1v) is 13.3. The van der Waals surface area contributed by atoms with Crippen molar-refractivity contribution in [2.45, 2.75) is 19.8 Å². The van der Waals surface area contributed by atoms with Crippen molar-refractivity contribution in [3.8, 4) is 0 Å². The normalized spacial score (nSPS) is 12.8. The van der Waals surface area contributed by atoms with Crippen LogP contribution in [0, 0.1) is 6.92 Å². The molecule has 2 nitrogen and oxygen atoms in total. The molecule has 0 bridgehead atoms. The maximum atomic E-state index is 3.57. The molecule has 174 valence electrons. The Morgan fingerprint density at radius 3 is 1.37 bits per heavy atom. The summed E-state index contributed by atoms with van der Waals surface area (Å²) in [6, 6.07) is 34.5. The zero-order chi connectivity index (χ0) is 24.2. The van der Waals surface area contributed by atoms with Crippen LogP contribution < -0.4 is 9.80 Å². The van der Waals surface area contributed by atoms with Gasteiger partial charge < -0.3 is 9.80 Å². The highest BCUT2D eigenvalue weighted by molar-refractivity contribution is 9.10. The minimum atomic E-state index is 1.02. The van der Waals surface area contributed by atoms with Crippen LogP contribution in [-0.2, 0) is 0 Å². The Labute approximate surface area is 224 Å². The van der Waals surface area contributed by atoms with Gasteiger partial charge in [0.05, 0.1) is 0 Å². The second-order valence-corrected chi connectivity index (χ2v) is 10.4. The van der Waals surface area contributed by atoms with Crippen LogP contribution in [-0.4, -0.2) is 0 Å². The van der Waals surface area contributed by atoms with Gasteiger partial charge in [0.1, 0.15) is 0 Å². The van der Waals surface area contributed by atoms with E-state index in [1.807, 2.05) is 0 Å². The maximum Gasteiger partial charge on any atom is 0.0463 e. The van der Waals surface area contributed by atoms with Crippen molar-refractivity contribution < 1.29 is 0 Å². The minimum Gasteiger partial charge on any atom is -0.314 e. The second kappa shape index (κ2) is 10.7. The van der Waals surface area contributed by atoms with E-state index in [2.05, 4.69) is 164 Å². The summed E-state index contributed by atoms with van der Waals surface area (Å²) in [5.41, 5.74) is 8.23. The molecular weight excluding hydrogens is 560 g/mol. The largest absolute Gasteiger partial charge is 0.314 e. The molecule has 0 saturated heterocycles. The fourth-order valence-electron chi connectivity index (χ4n) is 4.33. The lowest BCUT2D eigenvalue weighted by atomic mass is 10.1. The third-order valence-electron chi connectivity index (χ3n) is 6.11. The molecule has 0 amide bonds. The van der Waals surface area contributed by atoms with Crippen LogP contribution in [0.2, 0.25) is 0 Å². The quantitative estimate of drug-likeness (QED) is 0.222. The van der Waals surface area contributed by atoms with Crippen LogP contribution in [0.4, 0.5) is 28.4 Å². The number of hydrogen-bond donors (Lipinski definition) is 0. The number of rotatable bonds is 6. The molecule has 0 heterocycles. The summed E-state index contributed by atoms with van der Waals surface area (Å²) < 4.78 is 2.15. The molecule has 0 saturated carbocycles. The van der Waals surface area contributed by atoms with Gasteiger partial charge in [-0.05, 0) is 111 Å². The molecule has 0 spiro atoms. The number of hydrogen-bond acceptors (Lipinski definition) is 2. The van der Waals surface area contributed by atoms with Crippen LogP contribution in [0.15, 0.2) is 130 Å². The fraction of sp³-hybridized carbons (Fsp3) is 0.0968. The Balaban J connectivity index is 1.55. The summed E-state index contributed by atoms with van der Waals surface area (Å²) in [6.45, 7) is 2.12. The van der Waals surface area contributed by atoms with Crippen molar-refractivity contribution in [2.75, 3.05) is 9.80 Å². The predicted molar refractivity (Wildman–Crippen MR) is 156 cm³/mol.